The Balaban J connectivity index is 1.43. The Morgan fingerprint density at radius 2 is 1.93 bits per heavy atom. The van der Waals surface area contributed by atoms with Crippen molar-refractivity contribution < 1.29 is 32.2 Å². The molecule has 5 nitrogen and oxygen atoms in total. The molecule has 2 aromatic rings. The standard InChI is InChI=1S/C20H18F3NO4S/c21-20(22,23)28-15-3-1-2-14(10-15)19(25)24-7-6-18(29-9-8-24)13-4-5-16-17(11-13)27-12-26-16/h1-5,10-11,18H,6-9,12H2. The zero-order chi connectivity index (χ0) is 20.4. The summed E-state index contributed by atoms with van der Waals surface area (Å²) in [6.07, 6.45) is -4.06. The number of carbonyl (C=O) groups excluding carboxylic acids is 1. The van der Waals surface area contributed by atoms with Gasteiger partial charge >= 0.3 is 6.36 Å². The molecule has 0 radical (unpaired) electrons. The molecule has 1 fully saturated rings. The molecule has 9 heteroatoms. The van der Waals surface area contributed by atoms with Crippen molar-refractivity contribution in [1.82, 2.24) is 4.90 Å². The van der Waals surface area contributed by atoms with E-state index in [1.165, 1.54) is 18.2 Å². The van der Waals surface area contributed by atoms with E-state index in [0.29, 0.717) is 13.1 Å². The highest BCUT2D eigenvalue weighted by Gasteiger charge is 2.31. The van der Waals surface area contributed by atoms with Gasteiger partial charge in [0.05, 0.1) is 0 Å². The molecule has 2 heterocycles. The van der Waals surface area contributed by atoms with E-state index in [2.05, 4.69) is 4.74 Å². The summed E-state index contributed by atoms with van der Waals surface area (Å²) in [5.41, 5.74) is 1.28. The second-order valence-electron chi connectivity index (χ2n) is 6.63. The van der Waals surface area contributed by atoms with Crippen molar-refractivity contribution in [2.75, 3.05) is 25.6 Å². The van der Waals surface area contributed by atoms with E-state index in [4.69, 9.17) is 9.47 Å². The first-order valence-electron chi connectivity index (χ1n) is 9.05. The molecule has 1 amide bonds. The van der Waals surface area contributed by atoms with Gasteiger partial charge in [-0.25, -0.2) is 0 Å². The second kappa shape index (κ2) is 8.06. The van der Waals surface area contributed by atoms with Crippen LogP contribution in [-0.2, 0) is 0 Å². The van der Waals surface area contributed by atoms with Crippen molar-refractivity contribution in [2.24, 2.45) is 0 Å². The summed E-state index contributed by atoms with van der Waals surface area (Å²) in [4.78, 5) is 14.5. The lowest BCUT2D eigenvalue weighted by Gasteiger charge is -2.21. The van der Waals surface area contributed by atoms with Crippen molar-refractivity contribution >= 4 is 17.7 Å². The van der Waals surface area contributed by atoms with E-state index in [-0.39, 0.29) is 23.5 Å². The van der Waals surface area contributed by atoms with Gasteiger partial charge in [0.25, 0.3) is 5.91 Å². The third-order valence-corrected chi connectivity index (χ3v) is 6.04. The van der Waals surface area contributed by atoms with Crippen LogP contribution in [0.4, 0.5) is 13.2 Å². The second-order valence-corrected chi connectivity index (χ2v) is 7.94. The number of hydrogen-bond acceptors (Lipinski definition) is 5. The lowest BCUT2D eigenvalue weighted by Crippen LogP contribution is -2.33. The van der Waals surface area contributed by atoms with Crippen molar-refractivity contribution in [3.05, 3.63) is 53.6 Å². The van der Waals surface area contributed by atoms with Crippen LogP contribution in [0.3, 0.4) is 0 Å². The molecule has 0 aliphatic carbocycles. The number of alkyl halides is 3. The van der Waals surface area contributed by atoms with Crippen LogP contribution in [0.1, 0.15) is 27.6 Å². The van der Waals surface area contributed by atoms with Crippen LogP contribution in [-0.4, -0.2) is 42.8 Å². The highest BCUT2D eigenvalue weighted by molar-refractivity contribution is 7.99. The Morgan fingerprint density at radius 3 is 2.76 bits per heavy atom. The van der Waals surface area contributed by atoms with Crippen LogP contribution in [0.25, 0.3) is 0 Å². The van der Waals surface area contributed by atoms with Crippen LogP contribution in [0, 0.1) is 0 Å². The molecule has 1 atom stereocenters. The van der Waals surface area contributed by atoms with Crippen LogP contribution < -0.4 is 14.2 Å². The van der Waals surface area contributed by atoms with Gasteiger partial charge in [0.15, 0.2) is 11.5 Å². The number of hydrogen-bond donors (Lipinski definition) is 0. The Bertz CT molecular complexity index is 906. The Labute approximate surface area is 169 Å². The number of nitrogens with zero attached hydrogens (tertiary/aromatic N) is 1. The Hall–Kier alpha value is -2.55. The van der Waals surface area contributed by atoms with Crippen molar-refractivity contribution in [3.63, 3.8) is 0 Å². The fourth-order valence-electron chi connectivity index (χ4n) is 3.36. The van der Waals surface area contributed by atoms with E-state index in [1.54, 1.807) is 16.7 Å². The molecule has 154 valence electrons. The molecule has 0 spiro atoms. The smallest absolute Gasteiger partial charge is 0.454 e. The minimum atomic E-state index is -4.79. The van der Waals surface area contributed by atoms with Gasteiger partial charge < -0.3 is 19.1 Å². The first-order chi connectivity index (χ1) is 13.9. The summed E-state index contributed by atoms with van der Waals surface area (Å²) in [6.45, 7) is 1.25. The molecule has 29 heavy (non-hydrogen) atoms. The quantitative estimate of drug-likeness (QED) is 0.718. The molecule has 4 rings (SSSR count). The Morgan fingerprint density at radius 1 is 1.10 bits per heavy atom. The lowest BCUT2D eigenvalue weighted by molar-refractivity contribution is -0.274. The molecule has 0 aromatic heterocycles. The normalized spacial score (nSPS) is 19.0. The molecule has 2 aliphatic rings. The number of benzene rings is 2. The van der Waals surface area contributed by atoms with Gasteiger partial charge in [-0.1, -0.05) is 12.1 Å². The topological polar surface area (TPSA) is 48.0 Å². The molecule has 2 aliphatic heterocycles. The molecule has 1 saturated heterocycles. The van der Waals surface area contributed by atoms with Crippen LogP contribution >= 0.6 is 11.8 Å². The SMILES string of the molecule is O=C(c1cccc(OC(F)(F)F)c1)N1CCSC(c2ccc3c(c2)OCO3)CC1. The summed E-state index contributed by atoms with van der Waals surface area (Å²) < 4.78 is 52.0. The van der Waals surface area contributed by atoms with E-state index in [0.717, 1.165) is 35.3 Å². The third-order valence-electron chi connectivity index (χ3n) is 4.71. The predicted molar refractivity (Wildman–Crippen MR) is 101 cm³/mol. The highest BCUT2D eigenvalue weighted by Crippen LogP contribution is 2.40. The number of amides is 1. The summed E-state index contributed by atoms with van der Waals surface area (Å²) in [6, 6.07) is 11.0. The summed E-state index contributed by atoms with van der Waals surface area (Å²) >= 11 is 1.75. The van der Waals surface area contributed by atoms with Crippen molar-refractivity contribution in [1.29, 1.82) is 0 Å². The Kier molecular flexibility index (Phi) is 5.49. The zero-order valence-electron chi connectivity index (χ0n) is 15.3. The number of halogens is 3. The molecular formula is C20H18F3NO4S. The van der Waals surface area contributed by atoms with Gasteiger partial charge in [-0.15, -0.1) is 13.2 Å². The van der Waals surface area contributed by atoms with Crippen LogP contribution in [0.15, 0.2) is 42.5 Å². The van der Waals surface area contributed by atoms with Crippen molar-refractivity contribution in [2.45, 2.75) is 18.0 Å². The maximum absolute atomic E-state index is 12.8. The average Bonchev–Trinajstić information content (AvgIpc) is 3.01. The third kappa shape index (κ3) is 4.72. The number of ether oxygens (including phenoxy) is 3. The maximum Gasteiger partial charge on any atom is 0.573 e. The van der Waals surface area contributed by atoms with Gasteiger partial charge in [0.1, 0.15) is 5.75 Å². The summed E-state index contributed by atoms with van der Waals surface area (Å²) in [5.74, 6) is 1.48. The zero-order valence-corrected chi connectivity index (χ0v) is 16.1. The molecule has 0 saturated carbocycles. The molecule has 2 aromatic carbocycles. The largest absolute Gasteiger partial charge is 0.573 e. The molecule has 0 bridgehead atoms. The summed E-state index contributed by atoms with van der Waals surface area (Å²) in [5, 5.41) is 0.196. The van der Waals surface area contributed by atoms with Gasteiger partial charge in [0, 0.05) is 29.7 Å². The predicted octanol–water partition coefficient (Wildman–Crippen LogP) is 4.63. The average molecular weight is 425 g/mol. The molecule has 0 N–H and O–H groups in total. The number of carbonyl (C=O) groups is 1. The molecule has 1 unspecified atom stereocenters. The first kappa shape index (κ1) is 19.8. The van der Waals surface area contributed by atoms with E-state index < -0.39 is 12.1 Å². The minimum absolute atomic E-state index is 0.179. The van der Waals surface area contributed by atoms with Crippen LogP contribution in [0.2, 0.25) is 0 Å². The van der Waals surface area contributed by atoms with Crippen molar-refractivity contribution in [3.8, 4) is 17.2 Å². The fraction of sp³-hybridized carbons (Fsp3) is 0.350. The lowest BCUT2D eigenvalue weighted by atomic mass is 10.1. The van der Waals surface area contributed by atoms with E-state index >= 15 is 0 Å². The highest BCUT2D eigenvalue weighted by atomic mass is 32.2. The molecular weight excluding hydrogens is 407 g/mol. The maximum atomic E-state index is 12.8. The van der Waals surface area contributed by atoms with Gasteiger partial charge in [-0.3, -0.25) is 4.79 Å². The van der Waals surface area contributed by atoms with Gasteiger partial charge in [-0.2, -0.15) is 11.8 Å². The first-order valence-corrected chi connectivity index (χ1v) is 10.1. The van der Waals surface area contributed by atoms with Crippen LogP contribution in [0.5, 0.6) is 17.2 Å². The summed E-state index contributed by atoms with van der Waals surface area (Å²) in [7, 11) is 0. The van der Waals surface area contributed by atoms with E-state index in [1.807, 2.05) is 18.2 Å². The monoisotopic (exact) mass is 425 g/mol. The number of rotatable bonds is 3. The number of thioether (sulfide) groups is 1. The van der Waals surface area contributed by atoms with E-state index in [9.17, 15) is 18.0 Å². The minimum Gasteiger partial charge on any atom is -0.454 e. The number of fused-ring (bicyclic) bond motifs is 1. The van der Waals surface area contributed by atoms with Gasteiger partial charge in [-0.05, 0) is 42.3 Å². The fourth-order valence-corrected chi connectivity index (χ4v) is 4.58. The van der Waals surface area contributed by atoms with Gasteiger partial charge in [0.2, 0.25) is 6.79 Å².